The topological polar surface area (TPSA) is 84.9 Å². The van der Waals surface area contributed by atoms with Crippen LogP contribution in [0, 0.1) is 13.8 Å². The average Bonchev–Trinajstić information content (AvgIpc) is 2.89. The van der Waals surface area contributed by atoms with Crippen LogP contribution in [0.2, 0.25) is 0 Å². The molecule has 7 nitrogen and oxygen atoms in total. The van der Waals surface area contributed by atoms with Crippen molar-refractivity contribution in [3.63, 3.8) is 0 Å². The van der Waals surface area contributed by atoms with E-state index in [0.717, 1.165) is 4.31 Å². The van der Waals surface area contributed by atoms with Gasteiger partial charge in [0.05, 0.1) is 4.90 Å². The van der Waals surface area contributed by atoms with Crippen molar-refractivity contribution in [2.75, 3.05) is 19.4 Å². The lowest BCUT2D eigenvalue weighted by Gasteiger charge is -2.16. The van der Waals surface area contributed by atoms with Gasteiger partial charge in [-0.25, -0.2) is 12.7 Å². The third-order valence-electron chi connectivity index (χ3n) is 4.30. The molecule has 1 N–H and O–H groups in total. The summed E-state index contributed by atoms with van der Waals surface area (Å²) in [6.07, 6.45) is -3.76. The van der Waals surface area contributed by atoms with E-state index in [1.54, 1.807) is 19.9 Å². The van der Waals surface area contributed by atoms with Gasteiger partial charge in [0.2, 0.25) is 10.0 Å². The van der Waals surface area contributed by atoms with E-state index < -0.39 is 22.2 Å². The molecular formula is C18H18F2N2O5S. The number of rotatable bonds is 4. The van der Waals surface area contributed by atoms with E-state index in [4.69, 9.17) is 0 Å². The Hall–Kier alpha value is -2.72. The first-order valence-corrected chi connectivity index (χ1v) is 9.60. The van der Waals surface area contributed by atoms with E-state index in [9.17, 15) is 22.0 Å². The zero-order valence-electron chi connectivity index (χ0n) is 15.5. The predicted molar refractivity (Wildman–Crippen MR) is 97.4 cm³/mol. The molecule has 0 aromatic heterocycles. The van der Waals surface area contributed by atoms with E-state index in [2.05, 4.69) is 14.8 Å². The molecule has 3 rings (SSSR count). The number of ether oxygens (including phenoxy) is 2. The number of carbonyl (C=O) groups excluding carboxylic acids is 1. The highest BCUT2D eigenvalue weighted by molar-refractivity contribution is 7.89. The SMILES string of the molecule is Cc1cc(C(=O)Nc2ccc3c(c2)OC(F)(F)O3)cc(S(=O)(=O)N(C)C)c1C. The highest BCUT2D eigenvalue weighted by atomic mass is 32.2. The fourth-order valence-corrected chi connectivity index (χ4v) is 3.87. The number of alkyl halides is 2. The van der Waals surface area contributed by atoms with Crippen LogP contribution in [0.3, 0.4) is 0 Å². The molecule has 28 heavy (non-hydrogen) atoms. The number of hydrogen-bond acceptors (Lipinski definition) is 5. The van der Waals surface area contributed by atoms with Gasteiger partial charge in [-0.15, -0.1) is 8.78 Å². The van der Waals surface area contributed by atoms with Crippen molar-refractivity contribution in [1.82, 2.24) is 4.31 Å². The molecule has 0 fully saturated rings. The summed E-state index contributed by atoms with van der Waals surface area (Å²) in [4.78, 5) is 12.6. The summed E-state index contributed by atoms with van der Waals surface area (Å²) in [7, 11) is -0.942. The van der Waals surface area contributed by atoms with Gasteiger partial charge in [-0.3, -0.25) is 4.79 Å². The number of nitrogens with one attached hydrogen (secondary N) is 1. The lowest BCUT2D eigenvalue weighted by atomic mass is 10.1. The van der Waals surface area contributed by atoms with Crippen molar-refractivity contribution in [2.24, 2.45) is 0 Å². The van der Waals surface area contributed by atoms with Gasteiger partial charge in [-0.05, 0) is 49.2 Å². The van der Waals surface area contributed by atoms with Gasteiger partial charge in [0.25, 0.3) is 5.91 Å². The number of fused-ring (bicyclic) bond motifs is 1. The minimum absolute atomic E-state index is 0.0213. The molecule has 0 radical (unpaired) electrons. The maximum atomic E-state index is 13.1. The van der Waals surface area contributed by atoms with Gasteiger partial charge < -0.3 is 14.8 Å². The Morgan fingerprint density at radius 1 is 1.07 bits per heavy atom. The van der Waals surface area contributed by atoms with Crippen molar-refractivity contribution in [3.8, 4) is 11.5 Å². The molecule has 1 aliphatic heterocycles. The minimum Gasteiger partial charge on any atom is -0.395 e. The van der Waals surface area contributed by atoms with Gasteiger partial charge >= 0.3 is 6.29 Å². The van der Waals surface area contributed by atoms with E-state index in [-0.39, 0.29) is 27.6 Å². The Kier molecular flexibility index (Phi) is 4.80. The first-order chi connectivity index (χ1) is 12.9. The number of anilines is 1. The molecule has 0 aliphatic carbocycles. The standard InChI is InChI=1S/C18H18F2N2O5S/c1-10-7-12(8-16(11(10)2)28(24,25)22(3)4)17(23)21-13-5-6-14-15(9-13)27-18(19,20)26-14/h5-9H,1-4H3,(H,21,23). The Morgan fingerprint density at radius 3 is 2.36 bits per heavy atom. The summed E-state index contributed by atoms with van der Waals surface area (Å²) in [5.74, 6) is -0.948. The second kappa shape index (κ2) is 6.71. The molecular weight excluding hydrogens is 394 g/mol. The second-order valence-electron chi connectivity index (χ2n) is 6.49. The van der Waals surface area contributed by atoms with E-state index in [1.165, 1.54) is 38.4 Å². The maximum absolute atomic E-state index is 13.1. The maximum Gasteiger partial charge on any atom is 0.586 e. The summed E-state index contributed by atoms with van der Waals surface area (Å²) < 4.78 is 61.0. The van der Waals surface area contributed by atoms with Crippen molar-refractivity contribution >= 4 is 21.6 Å². The lowest BCUT2D eigenvalue weighted by Crippen LogP contribution is -2.25. The molecule has 10 heteroatoms. The quantitative estimate of drug-likeness (QED) is 0.834. The van der Waals surface area contributed by atoms with Crippen LogP contribution in [0.5, 0.6) is 11.5 Å². The Labute approximate surface area is 160 Å². The van der Waals surface area contributed by atoms with Gasteiger partial charge in [0.15, 0.2) is 11.5 Å². The Bertz CT molecular complexity index is 1070. The molecule has 0 bridgehead atoms. The number of amides is 1. The fourth-order valence-electron chi connectivity index (χ4n) is 2.65. The second-order valence-corrected chi connectivity index (χ2v) is 8.61. The summed E-state index contributed by atoms with van der Waals surface area (Å²) in [6.45, 7) is 3.36. The van der Waals surface area contributed by atoms with Crippen LogP contribution in [0.15, 0.2) is 35.2 Å². The number of sulfonamides is 1. The molecule has 0 saturated heterocycles. The normalized spacial score (nSPS) is 15.0. The molecule has 150 valence electrons. The van der Waals surface area contributed by atoms with Crippen LogP contribution in [0.1, 0.15) is 21.5 Å². The van der Waals surface area contributed by atoms with Crippen LogP contribution in [0.25, 0.3) is 0 Å². The molecule has 0 atom stereocenters. The van der Waals surface area contributed by atoms with Crippen LogP contribution in [-0.2, 0) is 10.0 Å². The van der Waals surface area contributed by atoms with Gasteiger partial charge in [-0.2, -0.15) is 0 Å². The monoisotopic (exact) mass is 412 g/mol. The van der Waals surface area contributed by atoms with E-state index in [0.29, 0.717) is 11.1 Å². The predicted octanol–water partition coefficient (Wildman–Crippen LogP) is 3.13. The highest BCUT2D eigenvalue weighted by Crippen LogP contribution is 2.42. The van der Waals surface area contributed by atoms with E-state index in [1.807, 2.05) is 0 Å². The molecule has 0 unspecified atom stereocenters. The molecule has 1 aliphatic rings. The number of benzene rings is 2. The number of nitrogens with zero attached hydrogens (tertiary/aromatic N) is 1. The number of hydrogen-bond donors (Lipinski definition) is 1. The third-order valence-corrected chi connectivity index (χ3v) is 6.24. The van der Waals surface area contributed by atoms with Gasteiger partial charge in [-0.1, -0.05) is 0 Å². The van der Waals surface area contributed by atoms with Crippen LogP contribution < -0.4 is 14.8 Å². The third kappa shape index (κ3) is 3.65. The summed E-state index contributed by atoms with van der Waals surface area (Å²) >= 11 is 0. The molecule has 2 aromatic rings. The van der Waals surface area contributed by atoms with Crippen molar-refractivity contribution < 1.29 is 31.5 Å². The summed E-state index contributed by atoms with van der Waals surface area (Å²) in [5, 5.41) is 2.54. The first-order valence-electron chi connectivity index (χ1n) is 8.16. The van der Waals surface area contributed by atoms with Crippen LogP contribution in [0.4, 0.5) is 14.5 Å². The molecule has 2 aromatic carbocycles. The molecule has 0 spiro atoms. The van der Waals surface area contributed by atoms with Gasteiger partial charge in [0.1, 0.15) is 0 Å². The van der Waals surface area contributed by atoms with E-state index >= 15 is 0 Å². The number of carbonyl (C=O) groups is 1. The van der Waals surface area contributed by atoms with Crippen LogP contribution in [-0.4, -0.2) is 39.0 Å². The Balaban J connectivity index is 1.91. The van der Waals surface area contributed by atoms with Crippen LogP contribution >= 0.6 is 0 Å². The zero-order chi connectivity index (χ0) is 20.9. The summed E-state index contributed by atoms with van der Waals surface area (Å²) in [5.41, 5.74) is 1.47. The molecule has 1 amide bonds. The zero-order valence-corrected chi connectivity index (χ0v) is 16.4. The largest absolute Gasteiger partial charge is 0.586 e. The molecule has 0 saturated carbocycles. The smallest absolute Gasteiger partial charge is 0.395 e. The average molecular weight is 412 g/mol. The highest BCUT2D eigenvalue weighted by Gasteiger charge is 2.43. The van der Waals surface area contributed by atoms with Crippen molar-refractivity contribution in [2.45, 2.75) is 25.0 Å². The Morgan fingerprint density at radius 2 is 1.71 bits per heavy atom. The lowest BCUT2D eigenvalue weighted by molar-refractivity contribution is -0.286. The van der Waals surface area contributed by atoms with Crippen molar-refractivity contribution in [3.05, 3.63) is 47.0 Å². The van der Waals surface area contributed by atoms with Crippen molar-refractivity contribution in [1.29, 1.82) is 0 Å². The first kappa shape index (κ1) is 20.0. The summed E-state index contributed by atoms with van der Waals surface area (Å²) in [6, 6.07) is 6.66. The fraction of sp³-hybridized carbons (Fsp3) is 0.278. The molecule has 1 heterocycles. The number of halogens is 2. The minimum atomic E-state index is -3.76. The van der Waals surface area contributed by atoms with Gasteiger partial charge in [0, 0.05) is 31.4 Å². The number of aryl methyl sites for hydroxylation is 1.